The van der Waals surface area contributed by atoms with E-state index in [0.29, 0.717) is 12.1 Å². The van der Waals surface area contributed by atoms with Crippen molar-refractivity contribution in [2.24, 2.45) is 5.92 Å². The fourth-order valence-electron chi connectivity index (χ4n) is 2.63. The minimum absolute atomic E-state index is 0.131. The van der Waals surface area contributed by atoms with Crippen LogP contribution in [0.15, 0.2) is 52.0 Å². The Morgan fingerprint density at radius 1 is 1.16 bits per heavy atom. The van der Waals surface area contributed by atoms with E-state index in [1.807, 2.05) is 0 Å². The number of halogens is 3. The fraction of sp³-hybridized carbons (Fsp3) is 0.375. The molecule has 0 spiro atoms. The van der Waals surface area contributed by atoms with Crippen molar-refractivity contribution in [2.45, 2.75) is 29.5 Å². The van der Waals surface area contributed by atoms with E-state index >= 15 is 0 Å². The first kappa shape index (κ1) is 18.0. The third-order valence-electron chi connectivity index (χ3n) is 4.22. The molecule has 1 fully saturated rings. The van der Waals surface area contributed by atoms with Gasteiger partial charge in [0.1, 0.15) is 11.4 Å². The van der Waals surface area contributed by atoms with Crippen molar-refractivity contribution in [3.05, 3.63) is 54.0 Å². The van der Waals surface area contributed by atoms with Crippen LogP contribution in [0.2, 0.25) is 0 Å². The Morgan fingerprint density at radius 3 is 2.28 bits per heavy atom. The molecule has 1 atom stereocenters. The number of sulfonamides is 1. The quantitative estimate of drug-likeness (QED) is 0.814. The molecule has 1 aromatic carbocycles. The number of benzene rings is 1. The molecule has 1 unspecified atom stereocenters. The molecule has 5 nitrogen and oxygen atoms in total. The molecule has 0 aliphatic heterocycles. The Bertz CT molecular complexity index is 827. The zero-order chi connectivity index (χ0) is 18.3. The molecule has 1 aromatic heterocycles. The first-order valence-electron chi connectivity index (χ1n) is 7.56. The number of hydrogen-bond donors (Lipinski definition) is 2. The van der Waals surface area contributed by atoms with Gasteiger partial charge in [0.15, 0.2) is 0 Å². The molecule has 0 bridgehead atoms. The van der Waals surface area contributed by atoms with Gasteiger partial charge >= 0.3 is 6.18 Å². The van der Waals surface area contributed by atoms with Crippen LogP contribution >= 0.6 is 0 Å². The standard InChI is InChI=1S/C16H16F3NO4S/c17-16(18,19)12-5-7-13(8-6-12)25(22,23)20-10-15(21,11-3-4-11)14-2-1-9-24-14/h1-2,5-9,11,20-21H,3-4,10H2. The monoisotopic (exact) mass is 375 g/mol. The van der Waals surface area contributed by atoms with Gasteiger partial charge in [-0.2, -0.15) is 13.2 Å². The first-order chi connectivity index (χ1) is 11.6. The number of alkyl halides is 3. The molecule has 3 rings (SSSR count). The lowest BCUT2D eigenvalue weighted by molar-refractivity contribution is -0.137. The molecule has 0 saturated heterocycles. The summed E-state index contributed by atoms with van der Waals surface area (Å²) in [6, 6.07) is 6.32. The highest BCUT2D eigenvalue weighted by Gasteiger charge is 2.47. The van der Waals surface area contributed by atoms with E-state index < -0.39 is 27.4 Å². The average molecular weight is 375 g/mol. The lowest BCUT2D eigenvalue weighted by Gasteiger charge is -2.26. The summed E-state index contributed by atoms with van der Waals surface area (Å²) in [5.74, 6) is 0.124. The molecule has 25 heavy (non-hydrogen) atoms. The Labute approximate surface area is 142 Å². The second-order valence-corrected chi connectivity index (χ2v) is 7.79. The van der Waals surface area contributed by atoms with Gasteiger partial charge in [0.2, 0.25) is 10.0 Å². The van der Waals surface area contributed by atoms with Gasteiger partial charge in [0.25, 0.3) is 0 Å². The predicted molar refractivity (Wildman–Crippen MR) is 82.0 cm³/mol. The molecule has 0 radical (unpaired) electrons. The zero-order valence-corrected chi connectivity index (χ0v) is 13.8. The van der Waals surface area contributed by atoms with E-state index in [-0.39, 0.29) is 23.1 Å². The molecule has 2 aromatic rings. The normalized spacial score (nSPS) is 18.1. The Kier molecular flexibility index (Phi) is 4.42. The molecule has 2 N–H and O–H groups in total. The van der Waals surface area contributed by atoms with Gasteiger partial charge in [-0.1, -0.05) is 0 Å². The van der Waals surface area contributed by atoms with E-state index in [4.69, 9.17) is 4.42 Å². The highest BCUT2D eigenvalue weighted by Crippen LogP contribution is 2.45. The van der Waals surface area contributed by atoms with E-state index in [1.54, 1.807) is 12.1 Å². The molecule has 1 heterocycles. The second kappa shape index (κ2) is 6.15. The largest absolute Gasteiger partial charge is 0.466 e. The van der Waals surface area contributed by atoms with Crippen LogP contribution in [0, 0.1) is 5.92 Å². The van der Waals surface area contributed by atoms with Gasteiger partial charge in [-0.15, -0.1) is 0 Å². The van der Waals surface area contributed by atoms with Crippen LogP contribution in [0.1, 0.15) is 24.2 Å². The lowest BCUT2D eigenvalue weighted by Crippen LogP contribution is -2.42. The van der Waals surface area contributed by atoms with Crippen LogP contribution in [0.4, 0.5) is 13.2 Å². The van der Waals surface area contributed by atoms with Crippen LogP contribution in [-0.4, -0.2) is 20.1 Å². The summed E-state index contributed by atoms with van der Waals surface area (Å²) in [6.07, 6.45) is -1.69. The van der Waals surface area contributed by atoms with Crippen molar-refractivity contribution in [2.75, 3.05) is 6.54 Å². The number of hydrogen-bond acceptors (Lipinski definition) is 4. The topological polar surface area (TPSA) is 79.5 Å². The summed E-state index contributed by atoms with van der Waals surface area (Å²) in [5.41, 5.74) is -2.42. The van der Waals surface area contributed by atoms with Crippen molar-refractivity contribution in [3.63, 3.8) is 0 Å². The van der Waals surface area contributed by atoms with Gasteiger partial charge in [-0.3, -0.25) is 0 Å². The third kappa shape index (κ3) is 3.73. The average Bonchev–Trinajstić information content (AvgIpc) is 3.27. The van der Waals surface area contributed by atoms with Gasteiger partial charge in [-0.25, -0.2) is 13.1 Å². The molecule has 136 valence electrons. The van der Waals surface area contributed by atoms with Crippen molar-refractivity contribution >= 4 is 10.0 Å². The Balaban J connectivity index is 1.77. The molecule has 0 amide bonds. The highest BCUT2D eigenvalue weighted by atomic mass is 32.2. The Morgan fingerprint density at radius 2 is 1.80 bits per heavy atom. The second-order valence-electron chi connectivity index (χ2n) is 6.02. The minimum atomic E-state index is -4.54. The van der Waals surface area contributed by atoms with Crippen LogP contribution < -0.4 is 4.72 Å². The van der Waals surface area contributed by atoms with Gasteiger partial charge < -0.3 is 9.52 Å². The van der Waals surface area contributed by atoms with Crippen LogP contribution in [0.25, 0.3) is 0 Å². The maximum absolute atomic E-state index is 12.6. The summed E-state index contributed by atoms with van der Waals surface area (Å²) in [6.45, 7) is -0.325. The Hall–Kier alpha value is -1.84. The number of furan rings is 1. The number of aliphatic hydroxyl groups is 1. The summed E-state index contributed by atoms with van der Waals surface area (Å²) < 4.78 is 69.8. The highest BCUT2D eigenvalue weighted by molar-refractivity contribution is 7.89. The van der Waals surface area contributed by atoms with Crippen molar-refractivity contribution in [1.29, 1.82) is 0 Å². The molecule has 1 aliphatic rings. The van der Waals surface area contributed by atoms with Gasteiger partial charge in [-0.05, 0) is 55.2 Å². The first-order valence-corrected chi connectivity index (χ1v) is 9.04. The zero-order valence-electron chi connectivity index (χ0n) is 13.0. The summed E-state index contributed by atoms with van der Waals surface area (Å²) in [5, 5.41) is 10.8. The molecule has 1 aliphatic carbocycles. The third-order valence-corrected chi connectivity index (χ3v) is 5.64. The van der Waals surface area contributed by atoms with Crippen LogP contribution in [0.5, 0.6) is 0 Å². The van der Waals surface area contributed by atoms with Crippen molar-refractivity contribution < 1.29 is 31.1 Å². The van der Waals surface area contributed by atoms with Crippen LogP contribution in [-0.2, 0) is 21.8 Å². The maximum atomic E-state index is 12.6. The lowest BCUT2D eigenvalue weighted by atomic mass is 9.95. The SMILES string of the molecule is O=S(=O)(NCC(O)(c1ccco1)C1CC1)c1ccc(C(F)(F)F)cc1. The van der Waals surface area contributed by atoms with Crippen molar-refractivity contribution in [3.8, 4) is 0 Å². The molecular formula is C16H16F3NO4S. The van der Waals surface area contributed by atoms with Crippen LogP contribution in [0.3, 0.4) is 0 Å². The minimum Gasteiger partial charge on any atom is -0.466 e. The number of nitrogens with one attached hydrogen (secondary N) is 1. The fourth-order valence-corrected chi connectivity index (χ4v) is 3.70. The summed E-state index contributed by atoms with van der Waals surface area (Å²) in [7, 11) is -4.07. The summed E-state index contributed by atoms with van der Waals surface area (Å²) >= 11 is 0. The molecule has 9 heteroatoms. The van der Waals surface area contributed by atoms with Gasteiger partial charge in [0.05, 0.1) is 16.7 Å². The smallest absolute Gasteiger partial charge is 0.416 e. The van der Waals surface area contributed by atoms with E-state index in [2.05, 4.69) is 4.72 Å². The van der Waals surface area contributed by atoms with Crippen molar-refractivity contribution in [1.82, 2.24) is 4.72 Å². The predicted octanol–water partition coefficient (Wildman–Crippen LogP) is 2.87. The molecular weight excluding hydrogens is 359 g/mol. The van der Waals surface area contributed by atoms with Gasteiger partial charge in [0, 0.05) is 6.54 Å². The maximum Gasteiger partial charge on any atom is 0.416 e. The molecule has 1 saturated carbocycles. The summed E-state index contributed by atoms with van der Waals surface area (Å²) in [4.78, 5) is -0.307. The van der Waals surface area contributed by atoms with E-state index in [9.17, 15) is 26.7 Å². The number of rotatable bonds is 6. The van der Waals surface area contributed by atoms with E-state index in [0.717, 1.165) is 25.0 Å². The van der Waals surface area contributed by atoms with E-state index in [1.165, 1.54) is 6.26 Å².